The van der Waals surface area contributed by atoms with Gasteiger partial charge in [0.05, 0.1) is 27.1 Å². The number of phosphoric ester groups is 2. The summed E-state index contributed by atoms with van der Waals surface area (Å²) < 4.78 is 34.3. The van der Waals surface area contributed by atoms with Crippen molar-refractivity contribution in [3.05, 3.63) is 0 Å². The normalized spacial score (nSPS) is 30.3. The first-order chi connectivity index (χ1) is 10.4. The van der Waals surface area contributed by atoms with E-state index in [4.69, 9.17) is 14.5 Å². The number of ether oxygens (including phenoxy) is 1. The van der Waals surface area contributed by atoms with E-state index in [1.165, 1.54) is 0 Å². The van der Waals surface area contributed by atoms with Crippen LogP contribution < -0.4 is 68.9 Å². The molecule has 1 aliphatic heterocycles. The van der Waals surface area contributed by atoms with Crippen molar-refractivity contribution >= 4 is 15.6 Å². The standard InChI is InChI=1S/C9H20O12P2.2Na/c10-7-5(2-1-3-19-22(13,14)15)21-6(8(11)9(7)12)4-20-23(16,17)18;;/h5-12H,1-4H2,(H2,13,14,15)(H2,16,17,18);;/q;2*+1/p-2. The summed E-state index contributed by atoms with van der Waals surface area (Å²) in [5, 5.41) is 29.1. The maximum Gasteiger partial charge on any atom is 1.00 e. The van der Waals surface area contributed by atoms with E-state index in [2.05, 4.69) is 9.05 Å². The first-order valence-corrected chi connectivity index (χ1v) is 9.46. The van der Waals surface area contributed by atoms with Gasteiger partial charge in [0.2, 0.25) is 0 Å². The van der Waals surface area contributed by atoms with Gasteiger partial charge in [-0.15, -0.1) is 0 Å². The van der Waals surface area contributed by atoms with Crippen molar-refractivity contribution in [2.75, 3.05) is 13.2 Å². The van der Waals surface area contributed by atoms with E-state index in [-0.39, 0.29) is 72.0 Å². The number of aliphatic hydroxyl groups excluding tert-OH is 3. The van der Waals surface area contributed by atoms with Gasteiger partial charge in [-0.2, -0.15) is 0 Å². The van der Waals surface area contributed by atoms with Crippen LogP contribution in [-0.2, 0) is 22.9 Å². The minimum atomic E-state index is -5.11. The Hall–Kier alpha value is 2.06. The van der Waals surface area contributed by atoms with E-state index < -0.39 is 59.4 Å². The topological polar surface area (TPSA) is 209 Å². The zero-order valence-electron chi connectivity index (χ0n) is 13.7. The molecule has 1 rings (SSSR count). The fourth-order valence-corrected chi connectivity index (χ4v) is 2.73. The molecule has 12 nitrogen and oxygen atoms in total. The van der Waals surface area contributed by atoms with E-state index in [0.29, 0.717) is 0 Å². The van der Waals surface area contributed by atoms with Crippen molar-refractivity contribution in [2.24, 2.45) is 0 Å². The van der Waals surface area contributed by atoms with Gasteiger partial charge in [0, 0.05) is 0 Å². The molecule has 0 saturated carbocycles. The van der Waals surface area contributed by atoms with Crippen LogP contribution >= 0.6 is 15.6 Å². The Morgan fingerprint density at radius 2 is 1.44 bits per heavy atom. The maximum absolute atomic E-state index is 10.6. The molecule has 1 aliphatic rings. The average Bonchev–Trinajstić information content (AvgIpc) is 2.40. The van der Waals surface area contributed by atoms with Crippen LogP contribution in [-0.4, -0.2) is 68.8 Å². The molecule has 16 heteroatoms. The summed E-state index contributed by atoms with van der Waals surface area (Å²) in [6.45, 7) is -1.20. The predicted octanol–water partition coefficient (Wildman–Crippen LogP) is -9.42. The molecule has 5 atom stereocenters. The van der Waals surface area contributed by atoms with Crippen LogP contribution in [0.5, 0.6) is 0 Å². The molecule has 0 bridgehead atoms. The van der Waals surface area contributed by atoms with E-state index >= 15 is 0 Å². The van der Waals surface area contributed by atoms with Crippen molar-refractivity contribution in [1.82, 2.24) is 0 Å². The third-order valence-electron chi connectivity index (χ3n) is 3.10. The van der Waals surface area contributed by atoms with Crippen molar-refractivity contribution in [1.29, 1.82) is 0 Å². The Bertz CT molecular complexity index is 470. The van der Waals surface area contributed by atoms with Gasteiger partial charge in [0.25, 0.3) is 0 Å². The number of phosphoric acid groups is 2. The Morgan fingerprint density at radius 1 is 0.920 bits per heavy atom. The van der Waals surface area contributed by atoms with Gasteiger partial charge in [0.15, 0.2) is 0 Å². The second-order valence-electron chi connectivity index (χ2n) is 4.89. The molecule has 0 aromatic heterocycles. The molecule has 25 heavy (non-hydrogen) atoms. The molecule has 0 amide bonds. The molecular weight excluding hydrogens is 408 g/mol. The van der Waals surface area contributed by atoms with Gasteiger partial charge >= 0.3 is 66.9 Å². The molecule has 1 heterocycles. The van der Waals surface area contributed by atoms with Gasteiger partial charge in [-0.1, -0.05) is 0 Å². The SMILES string of the molecule is O=P([O-])([O-])OCCCC1OC(COP(=O)(O)O)C(O)C(O)C1O.[Na+].[Na+]. The quantitative estimate of drug-likeness (QED) is 0.139. The van der Waals surface area contributed by atoms with Crippen molar-refractivity contribution in [3.63, 3.8) is 0 Å². The van der Waals surface area contributed by atoms with E-state index in [1.807, 2.05) is 0 Å². The number of hydrogen-bond donors (Lipinski definition) is 5. The minimum absolute atomic E-state index is 0. The van der Waals surface area contributed by atoms with Gasteiger partial charge in [-0.05, 0) is 12.8 Å². The summed E-state index contributed by atoms with van der Waals surface area (Å²) in [4.78, 5) is 37.8. The average molecular weight is 426 g/mol. The minimum Gasteiger partial charge on any atom is -0.790 e. The Balaban J connectivity index is 0. The summed E-state index contributed by atoms with van der Waals surface area (Å²) in [6, 6.07) is 0. The van der Waals surface area contributed by atoms with E-state index in [1.54, 1.807) is 0 Å². The summed E-state index contributed by atoms with van der Waals surface area (Å²) in [5.41, 5.74) is 0. The number of aliphatic hydroxyl groups is 3. The van der Waals surface area contributed by atoms with Crippen LogP contribution in [0.25, 0.3) is 0 Å². The third-order valence-corrected chi connectivity index (χ3v) is 4.08. The third kappa shape index (κ3) is 11.6. The second-order valence-corrected chi connectivity index (χ2v) is 7.29. The van der Waals surface area contributed by atoms with Crippen molar-refractivity contribution in [3.8, 4) is 0 Å². The molecule has 1 saturated heterocycles. The number of hydrogen-bond acceptors (Lipinski definition) is 10. The second kappa shape index (κ2) is 12.6. The molecule has 5 N–H and O–H groups in total. The van der Waals surface area contributed by atoms with Gasteiger partial charge in [-0.3, -0.25) is 4.52 Å². The number of rotatable bonds is 8. The van der Waals surface area contributed by atoms with Crippen molar-refractivity contribution in [2.45, 2.75) is 43.4 Å². The first kappa shape index (κ1) is 29.3. The molecule has 138 valence electrons. The Labute approximate surface area is 187 Å². The molecule has 1 fully saturated rings. The zero-order valence-corrected chi connectivity index (χ0v) is 19.5. The summed E-state index contributed by atoms with van der Waals surface area (Å²) in [7, 11) is -9.93. The Morgan fingerprint density at radius 3 is 1.92 bits per heavy atom. The molecule has 0 aliphatic carbocycles. The first-order valence-electron chi connectivity index (χ1n) is 6.47. The molecule has 0 aromatic rings. The van der Waals surface area contributed by atoms with E-state index in [0.717, 1.165) is 0 Å². The largest absolute Gasteiger partial charge is 1.00 e. The monoisotopic (exact) mass is 426 g/mol. The fourth-order valence-electron chi connectivity index (χ4n) is 2.04. The maximum atomic E-state index is 10.6. The molecule has 0 aromatic carbocycles. The van der Waals surface area contributed by atoms with Crippen LogP contribution in [0.4, 0.5) is 0 Å². The predicted molar refractivity (Wildman–Crippen MR) is 67.5 cm³/mol. The molecule has 0 radical (unpaired) electrons. The van der Waals surface area contributed by atoms with Crippen LogP contribution in [0.1, 0.15) is 12.8 Å². The summed E-state index contributed by atoms with van der Waals surface area (Å²) in [5.74, 6) is 0. The summed E-state index contributed by atoms with van der Waals surface area (Å²) >= 11 is 0. The van der Waals surface area contributed by atoms with Crippen LogP contribution in [0.3, 0.4) is 0 Å². The van der Waals surface area contributed by atoms with Gasteiger partial charge < -0.3 is 48.7 Å². The summed E-state index contributed by atoms with van der Waals surface area (Å²) in [6.07, 6.45) is -7.31. The van der Waals surface area contributed by atoms with Crippen LogP contribution in [0.15, 0.2) is 0 Å². The van der Waals surface area contributed by atoms with Crippen molar-refractivity contribution < 1.29 is 117 Å². The molecule has 5 unspecified atom stereocenters. The van der Waals surface area contributed by atoms with E-state index in [9.17, 15) is 34.2 Å². The fraction of sp³-hybridized carbons (Fsp3) is 1.00. The Kier molecular flexibility index (Phi) is 14.7. The molecular formula is C9H18Na2O12P2. The van der Waals surface area contributed by atoms with Gasteiger partial charge in [-0.25, -0.2) is 4.57 Å². The van der Waals surface area contributed by atoms with Crippen LogP contribution in [0.2, 0.25) is 0 Å². The molecule has 0 spiro atoms. The van der Waals surface area contributed by atoms with Gasteiger partial charge in [0.1, 0.15) is 24.4 Å². The zero-order chi connectivity index (χ0) is 17.8. The smallest absolute Gasteiger partial charge is 0.790 e. The van der Waals surface area contributed by atoms with Crippen LogP contribution in [0, 0.1) is 0 Å².